The number of pyridine rings is 1. The van der Waals surface area contributed by atoms with E-state index < -0.39 is 0 Å². The predicted octanol–water partition coefficient (Wildman–Crippen LogP) is 3.34. The Hall–Kier alpha value is -0.930. The topological polar surface area (TPSA) is 28.2 Å². The Morgan fingerprint density at radius 1 is 1.10 bits per heavy atom. The average molecular weight is 287 g/mol. The minimum Gasteiger partial charge on any atom is -0.308 e. The van der Waals surface area contributed by atoms with Crippen molar-refractivity contribution in [1.29, 1.82) is 0 Å². The zero-order valence-electron chi connectivity index (χ0n) is 13.5. The van der Waals surface area contributed by atoms with Crippen molar-refractivity contribution in [2.45, 2.75) is 70.6 Å². The maximum atomic E-state index is 4.82. The minimum atomic E-state index is 0.747. The van der Waals surface area contributed by atoms with Crippen molar-refractivity contribution in [2.75, 3.05) is 7.05 Å². The highest BCUT2D eigenvalue weighted by Gasteiger charge is 2.22. The molecule has 1 heterocycles. The maximum absolute atomic E-state index is 4.82. The lowest BCUT2D eigenvalue weighted by Gasteiger charge is -2.33. The molecule has 3 rings (SSSR count). The molecule has 0 unspecified atom stereocenters. The monoisotopic (exact) mass is 287 g/mol. The number of nitrogens with one attached hydrogen (secondary N) is 1. The van der Waals surface area contributed by atoms with Crippen LogP contribution in [0.25, 0.3) is 0 Å². The van der Waals surface area contributed by atoms with Crippen LogP contribution in [0.15, 0.2) is 18.2 Å². The summed E-state index contributed by atoms with van der Waals surface area (Å²) in [6.45, 7) is 4.29. The lowest BCUT2D eigenvalue weighted by Crippen LogP contribution is -2.34. The van der Waals surface area contributed by atoms with Crippen molar-refractivity contribution < 1.29 is 0 Å². The number of rotatable bonds is 6. The third-order valence-electron chi connectivity index (χ3n) is 5.03. The van der Waals surface area contributed by atoms with E-state index >= 15 is 0 Å². The van der Waals surface area contributed by atoms with Crippen molar-refractivity contribution in [3.8, 4) is 0 Å². The van der Waals surface area contributed by atoms with Gasteiger partial charge in [0.2, 0.25) is 0 Å². The number of aromatic nitrogens is 1. The SMILES string of the molecule is CC1CCC(N(C)Cc2cccc(CNC3CC3)n2)CC1. The molecule has 2 aliphatic rings. The van der Waals surface area contributed by atoms with E-state index in [2.05, 4.69) is 42.4 Å². The van der Waals surface area contributed by atoms with Gasteiger partial charge < -0.3 is 5.32 Å². The summed E-state index contributed by atoms with van der Waals surface area (Å²) < 4.78 is 0. The van der Waals surface area contributed by atoms with Crippen molar-refractivity contribution in [1.82, 2.24) is 15.2 Å². The van der Waals surface area contributed by atoms with Gasteiger partial charge in [0.05, 0.1) is 11.4 Å². The summed E-state index contributed by atoms with van der Waals surface area (Å²) in [5.74, 6) is 0.921. The van der Waals surface area contributed by atoms with Crippen molar-refractivity contribution >= 4 is 0 Å². The Kier molecular flexibility index (Phi) is 4.91. The van der Waals surface area contributed by atoms with Gasteiger partial charge in [-0.3, -0.25) is 9.88 Å². The van der Waals surface area contributed by atoms with Gasteiger partial charge in [0.25, 0.3) is 0 Å². The molecule has 1 aromatic rings. The molecule has 0 spiro atoms. The summed E-state index contributed by atoms with van der Waals surface area (Å²) in [4.78, 5) is 7.32. The van der Waals surface area contributed by atoms with Crippen molar-refractivity contribution in [3.63, 3.8) is 0 Å². The van der Waals surface area contributed by atoms with Crippen molar-refractivity contribution in [2.24, 2.45) is 5.92 Å². The molecule has 2 fully saturated rings. The van der Waals surface area contributed by atoms with Gasteiger partial charge in [-0.15, -0.1) is 0 Å². The summed E-state index contributed by atoms with van der Waals surface area (Å²) in [5.41, 5.74) is 2.40. The largest absolute Gasteiger partial charge is 0.308 e. The predicted molar refractivity (Wildman–Crippen MR) is 87.0 cm³/mol. The zero-order chi connectivity index (χ0) is 14.7. The highest BCUT2D eigenvalue weighted by molar-refractivity contribution is 5.11. The number of nitrogens with zero attached hydrogens (tertiary/aromatic N) is 2. The fourth-order valence-corrected chi connectivity index (χ4v) is 3.32. The molecular weight excluding hydrogens is 258 g/mol. The molecule has 3 nitrogen and oxygen atoms in total. The van der Waals surface area contributed by atoms with Gasteiger partial charge in [0.15, 0.2) is 0 Å². The zero-order valence-corrected chi connectivity index (χ0v) is 13.5. The van der Waals surface area contributed by atoms with Gasteiger partial charge >= 0.3 is 0 Å². The van der Waals surface area contributed by atoms with E-state index in [1.54, 1.807) is 0 Å². The quantitative estimate of drug-likeness (QED) is 0.869. The van der Waals surface area contributed by atoms with Crippen LogP contribution in [-0.2, 0) is 13.1 Å². The molecule has 3 heteroatoms. The second-order valence-corrected chi connectivity index (χ2v) is 7.10. The smallest absolute Gasteiger partial charge is 0.0547 e. The van der Waals surface area contributed by atoms with Gasteiger partial charge in [-0.2, -0.15) is 0 Å². The molecule has 1 aromatic heterocycles. The summed E-state index contributed by atoms with van der Waals surface area (Å²) in [5, 5.41) is 3.55. The lowest BCUT2D eigenvalue weighted by molar-refractivity contribution is 0.162. The first kappa shape index (κ1) is 15.0. The summed E-state index contributed by atoms with van der Waals surface area (Å²) >= 11 is 0. The van der Waals surface area contributed by atoms with Crippen LogP contribution in [0, 0.1) is 5.92 Å². The van der Waals surface area contributed by atoms with Gasteiger partial charge in [-0.05, 0) is 63.6 Å². The van der Waals surface area contributed by atoms with Gasteiger partial charge in [-0.1, -0.05) is 13.0 Å². The Morgan fingerprint density at radius 2 is 1.81 bits per heavy atom. The Morgan fingerprint density at radius 3 is 2.52 bits per heavy atom. The fraction of sp³-hybridized carbons (Fsp3) is 0.722. The molecule has 0 bridgehead atoms. The summed E-state index contributed by atoms with van der Waals surface area (Å²) in [7, 11) is 2.26. The number of hydrogen-bond acceptors (Lipinski definition) is 3. The van der Waals surface area contributed by atoms with Crippen LogP contribution in [0.5, 0.6) is 0 Å². The minimum absolute atomic E-state index is 0.747. The first-order valence-corrected chi connectivity index (χ1v) is 8.59. The maximum Gasteiger partial charge on any atom is 0.0547 e. The van der Waals surface area contributed by atoms with E-state index in [9.17, 15) is 0 Å². The van der Waals surface area contributed by atoms with Gasteiger partial charge in [0, 0.05) is 25.2 Å². The Labute approximate surface area is 129 Å². The molecule has 0 radical (unpaired) electrons. The van der Waals surface area contributed by atoms with Gasteiger partial charge in [-0.25, -0.2) is 0 Å². The van der Waals surface area contributed by atoms with Gasteiger partial charge in [0.1, 0.15) is 0 Å². The fourth-order valence-electron chi connectivity index (χ4n) is 3.32. The van der Waals surface area contributed by atoms with E-state index in [0.717, 1.165) is 31.1 Å². The normalized spacial score (nSPS) is 26.2. The third-order valence-corrected chi connectivity index (χ3v) is 5.03. The molecule has 116 valence electrons. The number of hydrogen-bond donors (Lipinski definition) is 1. The van der Waals surface area contributed by atoms with Crippen molar-refractivity contribution in [3.05, 3.63) is 29.6 Å². The molecule has 0 atom stereocenters. The highest BCUT2D eigenvalue weighted by atomic mass is 15.1. The molecule has 21 heavy (non-hydrogen) atoms. The molecule has 0 aromatic carbocycles. The van der Waals surface area contributed by atoms with Crippen LogP contribution in [0.4, 0.5) is 0 Å². The molecule has 0 amide bonds. The van der Waals surface area contributed by atoms with Crippen LogP contribution in [0.3, 0.4) is 0 Å². The van der Waals surface area contributed by atoms with Crippen LogP contribution in [-0.4, -0.2) is 29.0 Å². The molecular formula is C18H29N3. The average Bonchev–Trinajstić information content (AvgIpc) is 3.30. The molecule has 2 saturated carbocycles. The van der Waals surface area contributed by atoms with E-state index in [1.165, 1.54) is 49.9 Å². The van der Waals surface area contributed by atoms with Crippen LogP contribution in [0.1, 0.15) is 56.8 Å². The summed E-state index contributed by atoms with van der Waals surface area (Å²) in [6, 6.07) is 7.96. The molecule has 2 aliphatic carbocycles. The summed E-state index contributed by atoms with van der Waals surface area (Å²) in [6.07, 6.45) is 8.13. The van der Waals surface area contributed by atoms with E-state index in [0.29, 0.717) is 0 Å². The highest BCUT2D eigenvalue weighted by Crippen LogP contribution is 2.27. The molecule has 1 N–H and O–H groups in total. The van der Waals surface area contributed by atoms with Crippen LogP contribution >= 0.6 is 0 Å². The Bertz CT molecular complexity index is 448. The van der Waals surface area contributed by atoms with E-state index in [1.807, 2.05) is 0 Å². The second kappa shape index (κ2) is 6.89. The molecule has 0 aliphatic heterocycles. The van der Waals surface area contributed by atoms with E-state index in [4.69, 9.17) is 4.98 Å². The van der Waals surface area contributed by atoms with Crippen LogP contribution in [0.2, 0.25) is 0 Å². The molecule has 0 saturated heterocycles. The second-order valence-electron chi connectivity index (χ2n) is 7.10. The van der Waals surface area contributed by atoms with Crippen LogP contribution < -0.4 is 5.32 Å². The van der Waals surface area contributed by atoms with E-state index in [-0.39, 0.29) is 0 Å². The first-order valence-electron chi connectivity index (χ1n) is 8.59. The third kappa shape index (κ3) is 4.52. The first-order chi connectivity index (χ1) is 10.2. The standard InChI is InChI=1S/C18H29N3/c1-14-6-10-18(11-7-14)21(2)13-17-5-3-4-16(20-17)12-19-15-8-9-15/h3-5,14-15,18-19H,6-13H2,1-2H3. The Balaban J connectivity index is 1.52. The lowest BCUT2D eigenvalue weighted by atomic mass is 9.87.